The molecule has 4 heteroatoms. The molecule has 1 aliphatic heterocycles. The number of imidazole rings is 1. The third-order valence-electron chi connectivity index (χ3n) is 2.85. The van der Waals surface area contributed by atoms with E-state index in [4.69, 9.17) is 5.73 Å². The molecule has 2 N–H and O–H groups in total. The lowest BCUT2D eigenvalue weighted by atomic mass is 10.1. The first kappa shape index (κ1) is 9.09. The molecule has 0 aliphatic carbocycles. The van der Waals surface area contributed by atoms with E-state index >= 15 is 0 Å². The van der Waals surface area contributed by atoms with Crippen LogP contribution < -0.4 is 5.73 Å². The van der Waals surface area contributed by atoms with Crippen molar-refractivity contribution in [2.24, 2.45) is 0 Å². The van der Waals surface area contributed by atoms with E-state index in [1.165, 1.54) is 23.6 Å². The zero-order valence-electron chi connectivity index (χ0n) is 8.39. The molecule has 3 nitrogen and oxygen atoms in total. The topological polar surface area (TPSA) is 43.3 Å². The molecule has 3 heterocycles. The first-order valence-corrected chi connectivity index (χ1v) is 6.30. The molecule has 78 valence electrons. The minimum absolute atomic E-state index is 0.635. The Labute approximate surface area is 92.7 Å². The lowest BCUT2D eigenvalue weighted by Crippen LogP contribution is -1.95. The van der Waals surface area contributed by atoms with E-state index < -0.39 is 0 Å². The number of hydrogen-bond donors (Lipinski definition) is 1. The van der Waals surface area contributed by atoms with Crippen molar-refractivity contribution in [3.05, 3.63) is 30.2 Å². The standard InChI is InChI=1S/C11H13N3S/c12-9-1-3-14-6-10(13-11(14)5-9)8-2-4-15-7-8/h1,3,5-6,8H,2,4,7,12H2. The summed E-state index contributed by atoms with van der Waals surface area (Å²) in [5.41, 5.74) is 8.68. The van der Waals surface area contributed by atoms with Crippen LogP contribution in [0.3, 0.4) is 0 Å². The lowest BCUT2D eigenvalue weighted by molar-refractivity contribution is 0.759. The van der Waals surface area contributed by atoms with Crippen LogP contribution in [-0.2, 0) is 0 Å². The van der Waals surface area contributed by atoms with Crippen LogP contribution in [0.5, 0.6) is 0 Å². The fourth-order valence-corrected chi connectivity index (χ4v) is 3.22. The number of nitrogens with two attached hydrogens (primary N) is 1. The summed E-state index contributed by atoms with van der Waals surface area (Å²) in [7, 11) is 0. The Morgan fingerprint density at radius 2 is 2.47 bits per heavy atom. The number of nitrogens with zero attached hydrogens (tertiary/aromatic N) is 2. The second-order valence-corrected chi connectivity index (χ2v) is 5.10. The molecule has 1 fully saturated rings. The molecule has 15 heavy (non-hydrogen) atoms. The fraction of sp³-hybridized carbons (Fsp3) is 0.364. The van der Waals surface area contributed by atoms with Crippen LogP contribution in [0.15, 0.2) is 24.5 Å². The van der Waals surface area contributed by atoms with Crippen molar-refractivity contribution in [1.29, 1.82) is 0 Å². The summed E-state index contributed by atoms with van der Waals surface area (Å²) < 4.78 is 2.05. The van der Waals surface area contributed by atoms with Gasteiger partial charge in [-0.25, -0.2) is 4.98 Å². The molecule has 0 radical (unpaired) electrons. The maximum Gasteiger partial charge on any atom is 0.139 e. The van der Waals surface area contributed by atoms with Crippen LogP contribution >= 0.6 is 11.8 Å². The Morgan fingerprint density at radius 3 is 3.27 bits per heavy atom. The summed E-state index contributed by atoms with van der Waals surface area (Å²) in [5.74, 6) is 3.11. The normalized spacial score (nSPS) is 21.2. The highest BCUT2D eigenvalue weighted by Crippen LogP contribution is 2.31. The second-order valence-electron chi connectivity index (χ2n) is 3.95. The molecule has 1 aliphatic rings. The number of anilines is 1. The summed E-state index contributed by atoms with van der Waals surface area (Å²) in [5, 5.41) is 0. The van der Waals surface area contributed by atoms with E-state index in [9.17, 15) is 0 Å². The number of hydrogen-bond acceptors (Lipinski definition) is 3. The molecule has 0 saturated carbocycles. The van der Waals surface area contributed by atoms with E-state index in [0.29, 0.717) is 5.92 Å². The largest absolute Gasteiger partial charge is 0.399 e. The average molecular weight is 219 g/mol. The minimum atomic E-state index is 0.635. The van der Waals surface area contributed by atoms with Crippen LogP contribution in [0.25, 0.3) is 5.65 Å². The van der Waals surface area contributed by atoms with Crippen molar-refractivity contribution in [2.75, 3.05) is 17.2 Å². The molecule has 0 bridgehead atoms. The van der Waals surface area contributed by atoms with Crippen molar-refractivity contribution < 1.29 is 0 Å². The SMILES string of the molecule is Nc1ccn2cc(C3CCSC3)nc2c1. The van der Waals surface area contributed by atoms with Gasteiger partial charge in [-0.3, -0.25) is 0 Å². The number of thioether (sulfide) groups is 1. The van der Waals surface area contributed by atoms with Crippen LogP contribution in [0.1, 0.15) is 18.0 Å². The Hall–Kier alpha value is -1.16. The monoisotopic (exact) mass is 219 g/mol. The van der Waals surface area contributed by atoms with Gasteiger partial charge in [-0.2, -0.15) is 11.8 Å². The average Bonchev–Trinajstić information content (AvgIpc) is 2.84. The molecule has 3 rings (SSSR count). The number of fused-ring (bicyclic) bond motifs is 1. The predicted molar refractivity (Wildman–Crippen MR) is 64.3 cm³/mol. The molecule has 0 spiro atoms. The first-order valence-electron chi connectivity index (χ1n) is 5.15. The van der Waals surface area contributed by atoms with Gasteiger partial charge in [0, 0.05) is 35.8 Å². The van der Waals surface area contributed by atoms with Crippen LogP contribution in [0, 0.1) is 0 Å². The smallest absolute Gasteiger partial charge is 0.139 e. The maximum absolute atomic E-state index is 5.73. The summed E-state index contributed by atoms with van der Waals surface area (Å²) >= 11 is 2.02. The highest BCUT2D eigenvalue weighted by molar-refractivity contribution is 7.99. The van der Waals surface area contributed by atoms with E-state index in [1.54, 1.807) is 0 Å². The van der Waals surface area contributed by atoms with Gasteiger partial charge in [-0.05, 0) is 18.2 Å². The van der Waals surface area contributed by atoms with Crippen LogP contribution in [-0.4, -0.2) is 20.9 Å². The van der Waals surface area contributed by atoms with E-state index in [2.05, 4.69) is 15.6 Å². The van der Waals surface area contributed by atoms with E-state index in [0.717, 1.165) is 11.3 Å². The summed E-state index contributed by atoms with van der Waals surface area (Å²) in [6, 6.07) is 3.83. The van der Waals surface area contributed by atoms with Crippen LogP contribution in [0.2, 0.25) is 0 Å². The molecule has 1 unspecified atom stereocenters. The first-order chi connectivity index (χ1) is 7.33. The van der Waals surface area contributed by atoms with Gasteiger partial charge in [0.2, 0.25) is 0 Å². The number of pyridine rings is 1. The number of nitrogen functional groups attached to an aromatic ring is 1. The Morgan fingerprint density at radius 1 is 1.53 bits per heavy atom. The zero-order valence-corrected chi connectivity index (χ0v) is 9.20. The van der Waals surface area contributed by atoms with Gasteiger partial charge in [0.25, 0.3) is 0 Å². The lowest BCUT2D eigenvalue weighted by Gasteiger charge is -2.01. The van der Waals surface area contributed by atoms with E-state index in [1.807, 2.05) is 30.1 Å². The summed E-state index contributed by atoms with van der Waals surface area (Å²) in [6.45, 7) is 0. The Bertz CT molecular complexity index is 486. The van der Waals surface area contributed by atoms with Crippen molar-refractivity contribution >= 4 is 23.1 Å². The van der Waals surface area contributed by atoms with Gasteiger partial charge in [0.05, 0.1) is 5.69 Å². The van der Waals surface area contributed by atoms with Gasteiger partial charge < -0.3 is 10.1 Å². The highest BCUT2D eigenvalue weighted by Gasteiger charge is 2.20. The molecule has 2 aromatic rings. The van der Waals surface area contributed by atoms with Gasteiger partial charge in [-0.1, -0.05) is 0 Å². The third kappa shape index (κ3) is 1.59. The molecular formula is C11H13N3S. The highest BCUT2D eigenvalue weighted by atomic mass is 32.2. The van der Waals surface area contributed by atoms with Crippen molar-refractivity contribution in [2.45, 2.75) is 12.3 Å². The summed E-state index contributed by atoms with van der Waals surface area (Å²) in [6.07, 6.45) is 5.36. The predicted octanol–water partition coefficient (Wildman–Crippen LogP) is 2.14. The molecule has 1 atom stereocenters. The molecule has 2 aromatic heterocycles. The quantitative estimate of drug-likeness (QED) is 0.799. The maximum atomic E-state index is 5.73. The molecule has 0 aromatic carbocycles. The van der Waals surface area contributed by atoms with Gasteiger partial charge in [0.15, 0.2) is 0 Å². The third-order valence-corrected chi connectivity index (χ3v) is 4.01. The fourth-order valence-electron chi connectivity index (χ4n) is 1.98. The van der Waals surface area contributed by atoms with Gasteiger partial charge >= 0.3 is 0 Å². The van der Waals surface area contributed by atoms with Crippen molar-refractivity contribution in [1.82, 2.24) is 9.38 Å². The van der Waals surface area contributed by atoms with Gasteiger partial charge in [-0.15, -0.1) is 0 Å². The number of rotatable bonds is 1. The zero-order chi connectivity index (χ0) is 10.3. The molecule has 1 saturated heterocycles. The van der Waals surface area contributed by atoms with Gasteiger partial charge in [0.1, 0.15) is 5.65 Å². The molecule has 0 amide bonds. The van der Waals surface area contributed by atoms with Crippen LogP contribution in [0.4, 0.5) is 5.69 Å². The number of aromatic nitrogens is 2. The second kappa shape index (κ2) is 3.45. The molecular weight excluding hydrogens is 206 g/mol. The minimum Gasteiger partial charge on any atom is -0.399 e. The Kier molecular flexibility index (Phi) is 2.09. The van der Waals surface area contributed by atoms with E-state index in [-0.39, 0.29) is 0 Å². The summed E-state index contributed by atoms with van der Waals surface area (Å²) in [4.78, 5) is 4.63. The Balaban J connectivity index is 2.05. The van der Waals surface area contributed by atoms with Crippen molar-refractivity contribution in [3.63, 3.8) is 0 Å². The van der Waals surface area contributed by atoms with Crippen molar-refractivity contribution in [3.8, 4) is 0 Å².